The molecule has 1 rings (SSSR count). The molecule has 0 atom stereocenters. The number of aliphatic hydroxyl groups excluding tert-OH is 1. The third kappa shape index (κ3) is 3.22. The standard InChI is InChI=1S/C9H19NO3S/c1-2-14(12,13)10(9-5-6-9)7-3-4-8-11/h9,11H,2-8H2,1H3. The molecule has 0 unspecified atom stereocenters. The number of sulfonamides is 1. The smallest absolute Gasteiger partial charge is 0.214 e. The first kappa shape index (κ1) is 11.9. The van der Waals surface area contributed by atoms with Crippen molar-refractivity contribution in [2.75, 3.05) is 18.9 Å². The number of rotatable bonds is 7. The van der Waals surface area contributed by atoms with E-state index in [-0.39, 0.29) is 18.4 Å². The maximum Gasteiger partial charge on any atom is 0.214 e. The van der Waals surface area contributed by atoms with E-state index in [1.54, 1.807) is 11.2 Å². The molecule has 84 valence electrons. The Morgan fingerprint density at radius 2 is 2.00 bits per heavy atom. The molecule has 5 heteroatoms. The van der Waals surface area contributed by atoms with E-state index >= 15 is 0 Å². The molecule has 1 N–H and O–H groups in total. The van der Waals surface area contributed by atoms with Crippen molar-refractivity contribution < 1.29 is 13.5 Å². The lowest BCUT2D eigenvalue weighted by atomic mass is 10.3. The van der Waals surface area contributed by atoms with Gasteiger partial charge < -0.3 is 5.11 Å². The number of hydrogen-bond acceptors (Lipinski definition) is 3. The van der Waals surface area contributed by atoms with Crippen molar-refractivity contribution in [1.82, 2.24) is 4.31 Å². The topological polar surface area (TPSA) is 57.6 Å². The quantitative estimate of drug-likeness (QED) is 0.640. The highest BCUT2D eigenvalue weighted by atomic mass is 32.2. The van der Waals surface area contributed by atoms with Gasteiger partial charge in [-0.25, -0.2) is 8.42 Å². The maximum absolute atomic E-state index is 11.6. The van der Waals surface area contributed by atoms with Crippen LogP contribution in [0.1, 0.15) is 32.6 Å². The van der Waals surface area contributed by atoms with Crippen LogP contribution in [-0.4, -0.2) is 42.8 Å². The molecule has 14 heavy (non-hydrogen) atoms. The van der Waals surface area contributed by atoms with E-state index in [9.17, 15) is 8.42 Å². The Morgan fingerprint density at radius 1 is 1.36 bits per heavy atom. The van der Waals surface area contributed by atoms with Crippen LogP contribution in [0, 0.1) is 0 Å². The summed E-state index contributed by atoms with van der Waals surface area (Å²) < 4.78 is 24.9. The molecule has 1 aliphatic rings. The first-order chi connectivity index (χ1) is 6.61. The number of unbranched alkanes of at least 4 members (excludes halogenated alkanes) is 1. The van der Waals surface area contributed by atoms with Crippen LogP contribution >= 0.6 is 0 Å². The molecule has 0 heterocycles. The van der Waals surface area contributed by atoms with E-state index in [2.05, 4.69) is 0 Å². The molecule has 0 saturated heterocycles. The first-order valence-corrected chi connectivity index (χ1v) is 6.83. The van der Waals surface area contributed by atoms with Crippen LogP contribution in [-0.2, 0) is 10.0 Å². The van der Waals surface area contributed by atoms with Gasteiger partial charge in [-0.15, -0.1) is 0 Å². The van der Waals surface area contributed by atoms with Gasteiger partial charge in [-0.05, 0) is 32.6 Å². The van der Waals surface area contributed by atoms with Crippen LogP contribution in [0.25, 0.3) is 0 Å². The van der Waals surface area contributed by atoms with Crippen LogP contribution in [0.4, 0.5) is 0 Å². The van der Waals surface area contributed by atoms with Gasteiger partial charge in [-0.1, -0.05) is 0 Å². The Hall–Kier alpha value is -0.130. The second-order valence-corrected chi connectivity index (χ2v) is 5.88. The van der Waals surface area contributed by atoms with E-state index < -0.39 is 10.0 Å². The molecule has 1 aliphatic carbocycles. The molecule has 0 aromatic carbocycles. The third-order valence-electron chi connectivity index (χ3n) is 2.46. The predicted octanol–water partition coefficient (Wildman–Crippen LogP) is 0.573. The Bertz CT molecular complexity index is 259. The van der Waals surface area contributed by atoms with E-state index in [0.717, 1.165) is 19.3 Å². The Kier molecular flexibility index (Phi) is 4.34. The van der Waals surface area contributed by atoms with Crippen molar-refractivity contribution in [1.29, 1.82) is 0 Å². The summed E-state index contributed by atoms with van der Waals surface area (Å²) in [5, 5.41) is 8.63. The molecule has 0 aromatic heterocycles. The first-order valence-electron chi connectivity index (χ1n) is 5.22. The lowest BCUT2D eigenvalue weighted by Crippen LogP contribution is -2.35. The van der Waals surface area contributed by atoms with Gasteiger partial charge >= 0.3 is 0 Å². The maximum atomic E-state index is 11.6. The summed E-state index contributed by atoms with van der Waals surface area (Å²) in [6, 6.07) is 0.249. The molecule has 0 bridgehead atoms. The Balaban J connectivity index is 2.47. The lowest BCUT2D eigenvalue weighted by Gasteiger charge is -2.20. The van der Waals surface area contributed by atoms with E-state index in [0.29, 0.717) is 13.0 Å². The monoisotopic (exact) mass is 221 g/mol. The summed E-state index contributed by atoms with van der Waals surface area (Å²) in [5.41, 5.74) is 0. The molecular weight excluding hydrogens is 202 g/mol. The minimum atomic E-state index is -3.03. The molecule has 4 nitrogen and oxygen atoms in total. The van der Waals surface area contributed by atoms with Crippen LogP contribution in [0.3, 0.4) is 0 Å². The fourth-order valence-corrected chi connectivity index (χ4v) is 2.86. The van der Waals surface area contributed by atoms with Crippen LogP contribution < -0.4 is 0 Å². The molecular formula is C9H19NO3S. The van der Waals surface area contributed by atoms with E-state index in [4.69, 9.17) is 5.11 Å². The van der Waals surface area contributed by atoms with Gasteiger partial charge in [-0.3, -0.25) is 0 Å². The van der Waals surface area contributed by atoms with Crippen molar-refractivity contribution in [3.63, 3.8) is 0 Å². The summed E-state index contributed by atoms with van der Waals surface area (Å²) in [6.07, 6.45) is 3.44. The summed E-state index contributed by atoms with van der Waals surface area (Å²) in [5.74, 6) is 0.183. The zero-order valence-electron chi connectivity index (χ0n) is 8.65. The molecule has 1 fully saturated rings. The molecule has 0 aromatic rings. The van der Waals surface area contributed by atoms with Gasteiger partial charge in [0.05, 0.1) is 5.75 Å². The van der Waals surface area contributed by atoms with Crippen molar-refractivity contribution in [2.24, 2.45) is 0 Å². The minimum absolute atomic E-state index is 0.144. The number of aliphatic hydroxyl groups is 1. The van der Waals surface area contributed by atoms with E-state index in [1.807, 2.05) is 0 Å². The molecule has 1 saturated carbocycles. The average molecular weight is 221 g/mol. The van der Waals surface area contributed by atoms with Crippen LogP contribution in [0.2, 0.25) is 0 Å². The fourth-order valence-electron chi connectivity index (χ4n) is 1.46. The summed E-state index contributed by atoms with van der Waals surface area (Å²) in [7, 11) is -3.03. The summed E-state index contributed by atoms with van der Waals surface area (Å²) >= 11 is 0. The van der Waals surface area contributed by atoms with Crippen molar-refractivity contribution >= 4 is 10.0 Å². The highest BCUT2D eigenvalue weighted by molar-refractivity contribution is 7.89. The predicted molar refractivity (Wildman–Crippen MR) is 55.5 cm³/mol. The summed E-state index contributed by atoms with van der Waals surface area (Å²) in [4.78, 5) is 0. The highest BCUT2D eigenvalue weighted by Gasteiger charge is 2.35. The molecule has 0 aliphatic heterocycles. The zero-order valence-corrected chi connectivity index (χ0v) is 9.46. The van der Waals surface area contributed by atoms with Gasteiger partial charge in [0.15, 0.2) is 0 Å². The van der Waals surface area contributed by atoms with Gasteiger partial charge in [0, 0.05) is 19.2 Å². The van der Waals surface area contributed by atoms with Crippen molar-refractivity contribution in [2.45, 2.75) is 38.6 Å². The zero-order chi connectivity index (χ0) is 10.6. The molecule has 0 amide bonds. The van der Waals surface area contributed by atoms with Gasteiger partial charge in [0.2, 0.25) is 10.0 Å². The van der Waals surface area contributed by atoms with E-state index in [1.165, 1.54) is 0 Å². The fraction of sp³-hybridized carbons (Fsp3) is 1.00. The lowest BCUT2D eigenvalue weighted by molar-refractivity contribution is 0.275. The Morgan fingerprint density at radius 3 is 2.43 bits per heavy atom. The highest BCUT2D eigenvalue weighted by Crippen LogP contribution is 2.29. The average Bonchev–Trinajstić information content (AvgIpc) is 2.95. The minimum Gasteiger partial charge on any atom is -0.396 e. The second-order valence-electron chi connectivity index (χ2n) is 3.67. The van der Waals surface area contributed by atoms with Crippen molar-refractivity contribution in [3.8, 4) is 0 Å². The third-order valence-corrected chi connectivity index (χ3v) is 4.39. The van der Waals surface area contributed by atoms with Gasteiger partial charge in [-0.2, -0.15) is 4.31 Å². The summed E-state index contributed by atoms with van der Waals surface area (Å²) in [6.45, 7) is 2.39. The SMILES string of the molecule is CCS(=O)(=O)N(CCCCO)C1CC1. The molecule has 0 spiro atoms. The largest absolute Gasteiger partial charge is 0.396 e. The van der Waals surface area contributed by atoms with Gasteiger partial charge in [0.25, 0.3) is 0 Å². The van der Waals surface area contributed by atoms with Crippen LogP contribution in [0.15, 0.2) is 0 Å². The Labute approximate surface area is 86.0 Å². The second kappa shape index (κ2) is 5.09. The normalized spacial score (nSPS) is 17.6. The van der Waals surface area contributed by atoms with Crippen LogP contribution in [0.5, 0.6) is 0 Å². The number of hydrogen-bond donors (Lipinski definition) is 1. The van der Waals surface area contributed by atoms with Crippen molar-refractivity contribution in [3.05, 3.63) is 0 Å². The van der Waals surface area contributed by atoms with Gasteiger partial charge in [0.1, 0.15) is 0 Å². The molecule has 0 radical (unpaired) electrons. The number of nitrogens with zero attached hydrogens (tertiary/aromatic N) is 1.